The van der Waals surface area contributed by atoms with Crippen LogP contribution in [0.15, 0.2) is 51.8 Å². The largest absolute Gasteiger partial charge is 0.460 e. The monoisotopic (exact) mass is 399 g/mol. The molecule has 0 N–H and O–H groups in total. The van der Waals surface area contributed by atoms with E-state index in [0.29, 0.717) is 14.9 Å². The summed E-state index contributed by atoms with van der Waals surface area (Å²) in [6.45, 7) is -0.140. The van der Waals surface area contributed by atoms with E-state index in [0.717, 1.165) is 0 Å². The Hall–Kier alpha value is -1.93. The molecule has 8 heteroatoms. The molecule has 0 spiro atoms. The van der Waals surface area contributed by atoms with Gasteiger partial charge in [-0.05, 0) is 24.3 Å². The predicted molar refractivity (Wildman–Crippen MR) is 87.7 cm³/mol. The Labute approximate surface area is 144 Å². The van der Waals surface area contributed by atoms with Crippen LogP contribution in [0.2, 0.25) is 0 Å². The van der Waals surface area contributed by atoms with Crippen LogP contribution in [0.4, 0.5) is 10.1 Å². The Balaban J connectivity index is 1.82. The maximum Gasteiger partial charge on any atom is 0.316 e. The average molecular weight is 400 g/mol. The van der Waals surface area contributed by atoms with Gasteiger partial charge < -0.3 is 4.74 Å². The molecule has 2 aromatic carbocycles. The average Bonchev–Trinajstić information content (AvgIpc) is 2.52. The summed E-state index contributed by atoms with van der Waals surface area (Å²) in [5.74, 6) is -0.901. The first-order valence-electron chi connectivity index (χ1n) is 6.42. The molecule has 23 heavy (non-hydrogen) atoms. The van der Waals surface area contributed by atoms with Gasteiger partial charge in [-0.15, -0.1) is 11.8 Å². The first kappa shape index (κ1) is 17.4. The van der Waals surface area contributed by atoms with Crippen LogP contribution in [0, 0.1) is 15.9 Å². The van der Waals surface area contributed by atoms with Gasteiger partial charge in [-0.3, -0.25) is 14.9 Å². The molecule has 0 amide bonds. The smallest absolute Gasteiger partial charge is 0.316 e. The summed E-state index contributed by atoms with van der Waals surface area (Å²) in [5.41, 5.74) is 0.282. The third-order valence-electron chi connectivity index (χ3n) is 2.81. The van der Waals surface area contributed by atoms with E-state index >= 15 is 0 Å². The number of non-ortho nitro benzene ring substituents is 1. The summed E-state index contributed by atoms with van der Waals surface area (Å²) in [6, 6.07) is 10.4. The molecule has 0 atom stereocenters. The SMILES string of the molecule is O=C(CSc1ccc([N+](=O)[O-])cc1)OCc1ccc(Br)cc1F. The Kier molecular flexibility index (Phi) is 6.12. The summed E-state index contributed by atoms with van der Waals surface area (Å²) in [5, 5.41) is 10.5. The maximum absolute atomic E-state index is 13.6. The van der Waals surface area contributed by atoms with Crippen LogP contribution in [0.1, 0.15) is 5.56 Å². The molecule has 5 nitrogen and oxygen atoms in total. The summed E-state index contributed by atoms with van der Waals surface area (Å²) < 4.78 is 19.2. The van der Waals surface area contributed by atoms with Crippen LogP contribution in [-0.4, -0.2) is 16.6 Å². The van der Waals surface area contributed by atoms with Crippen molar-refractivity contribution in [3.05, 3.63) is 68.4 Å². The normalized spacial score (nSPS) is 10.3. The minimum atomic E-state index is -0.491. The molecule has 0 unspecified atom stereocenters. The zero-order chi connectivity index (χ0) is 16.8. The lowest BCUT2D eigenvalue weighted by molar-refractivity contribution is -0.384. The van der Waals surface area contributed by atoms with Crippen molar-refractivity contribution in [1.29, 1.82) is 0 Å². The zero-order valence-corrected chi connectivity index (χ0v) is 14.1. The van der Waals surface area contributed by atoms with Crippen molar-refractivity contribution >= 4 is 39.3 Å². The molecule has 0 heterocycles. The van der Waals surface area contributed by atoms with Crippen molar-refractivity contribution in [2.24, 2.45) is 0 Å². The lowest BCUT2D eigenvalue weighted by Crippen LogP contribution is -2.08. The summed E-state index contributed by atoms with van der Waals surface area (Å²) in [7, 11) is 0. The fraction of sp³-hybridized carbons (Fsp3) is 0.133. The molecular formula is C15H11BrFNO4S. The highest BCUT2D eigenvalue weighted by Gasteiger charge is 2.09. The van der Waals surface area contributed by atoms with E-state index in [1.165, 1.54) is 36.0 Å². The van der Waals surface area contributed by atoms with E-state index in [-0.39, 0.29) is 18.0 Å². The van der Waals surface area contributed by atoms with E-state index < -0.39 is 16.7 Å². The van der Waals surface area contributed by atoms with Gasteiger partial charge in [0.1, 0.15) is 12.4 Å². The van der Waals surface area contributed by atoms with Crippen molar-refractivity contribution in [2.45, 2.75) is 11.5 Å². The minimum Gasteiger partial charge on any atom is -0.460 e. The zero-order valence-electron chi connectivity index (χ0n) is 11.7. The number of nitro groups is 1. The van der Waals surface area contributed by atoms with Crippen LogP contribution in [0.3, 0.4) is 0 Å². The Morgan fingerprint density at radius 3 is 2.57 bits per heavy atom. The standard InChI is InChI=1S/C15H11BrFNO4S/c16-11-2-1-10(14(17)7-11)8-22-15(19)9-23-13-5-3-12(4-6-13)18(20)21/h1-7H,8-9H2. The third kappa shape index (κ3) is 5.33. The molecule has 120 valence electrons. The second kappa shape index (κ2) is 8.07. The first-order chi connectivity index (χ1) is 11.0. The third-order valence-corrected chi connectivity index (χ3v) is 4.29. The molecule has 0 radical (unpaired) electrons. The molecule has 0 aliphatic carbocycles. The fourth-order valence-electron chi connectivity index (χ4n) is 1.64. The summed E-state index contributed by atoms with van der Waals surface area (Å²) in [6.07, 6.45) is 0. The highest BCUT2D eigenvalue weighted by atomic mass is 79.9. The van der Waals surface area contributed by atoms with Crippen LogP contribution >= 0.6 is 27.7 Å². The second-order valence-electron chi connectivity index (χ2n) is 4.44. The molecule has 0 aromatic heterocycles. The number of nitrogens with zero attached hydrogens (tertiary/aromatic N) is 1. The van der Waals surface area contributed by atoms with E-state index in [1.807, 2.05) is 0 Å². The number of esters is 1. The van der Waals surface area contributed by atoms with Gasteiger partial charge in [0.15, 0.2) is 0 Å². The molecule has 0 aliphatic heterocycles. The number of thioether (sulfide) groups is 1. The van der Waals surface area contributed by atoms with Crippen molar-refractivity contribution in [3.8, 4) is 0 Å². The summed E-state index contributed by atoms with van der Waals surface area (Å²) >= 11 is 4.34. The minimum absolute atomic E-state index is 0.0114. The molecule has 0 saturated heterocycles. The molecule has 0 bridgehead atoms. The van der Waals surface area contributed by atoms with Gasteiger partial charge in [-0.2, -0.15) is 0 Å². The lowest BCUT2D eigenvalue weighted by Gasteiger charge is -2.06. The fourth-order valence-corrected chi connectivity index (χ4v) is 2.67. The number of carbonyl (C=O) groups is 1. The van der Waals surface area contributed by atoms with Crippen LogP contribution in [0.25, 0.3) is 0 Å². The Morgan fingerprint density at radius 2 is 1.96 bits per heavy atom. The van der Waals surface area contributed by atoms with Crippen molar-refractivity contribution in [2.75, 3.05) is 5.75 Å². The van der Waals surface area contributed by atoms with Gasteiger partial charge in [-0.25, -0.2) is 4.39 Å². The molecular weight excluding hydrogens is 389 g/mol. The van der Waals surface area contributed by atoms with Gasteiger partial charge in [0.2, 0.25) is 0 Å². The number of ether oxygens (including phenoxy) is 1. The molecule has 0 fully saturated rings. The lowest BCUT2D eigenvalue weighted by atomic mass is 10.2. The van der Waals surface area contributed by atoms with Crippen molar-refractivity contribution < 1.29 is 18.8 Å². The molecule has 0 aliphatic rings. The Bertz CT molecular complexity index is 724. The number of nitro benzene ring substituents is 1. The number of benzene rings is 2. The summed E-state index contributed by atoms with van der Waals surface area (Å²) in [4.78, 5) is 22.4. The van der Waals surface area contributed by atoms with E-state index in [4.69, 9.17) is 4.74 Å². The molecule has 2 aromatic rings. The van der Waals surface area contributed by atoms with Gasteiger partial charge in [0.05, 0.1) is 10.7 Å². The maximum atomic E-state index is 13.6. The predicted octanol–water partition coefficient (Wildman–Crippen LogP) is 4.33. The van der Waals surface area contributed by atoms with Crippen LogP contribution in [0.5, 0.6) is 0 Å². The van der Waals surface area contributed by atoms with Gasteiger partial charge in [-0.1, -0.05) is 22.0 Å². The second-order valence-corrected chi connectivity index (χ2v) is 6.40. The van der Waals surface area contributed by atoms with Gasteiger partial charge in [0.25, 0.3) is 5.69 Å². The van der Waals surface area contributed by atoms with E-state index in [1.54, 1.807) is 18.2 Å². The topological polar surface area (TPSA) is 69.4 Å². The van der Waals surface area contributed by atoms with E-state index in [2.05, 4.69) is 15.9 Å². The van der Waals surface area contributed by atoms with Crippen LogP contribution < -0.4 is 0 Å². The highest BCUT2D eigenvalue weighted by molar-refractivity contribution is 9.10. The van der Waals surface area contributed by atoms with Crippen LogP contribution in [-0.2, 0) is 16.1 Å². The van der Waals surface area contributed by atoms with Gasteiger partial charge >= 0.3 is 5.97 Å². The van der Waals surface area contributed by atoms with Crippen molar-refractivity contribution in [3.63, 3.8) is 0 Å². The molecule has 2 rings (SSSR count). The quantitative estimate of drug-likeness (QED) is 0.313. The van der Waals surface area contributed by atoms with Crippen molar-refractivity contribution in [1.82, 2.24) is 0 Å². The Morgan fingerprint density at radius 1 is 1.26 bits per heavy atom. The number of hydrogen-bond donors (Lipinski definition) is 0. The number of rotatable bonds is 6. The number of hydrogen-bond acceptors (Lipinski definition) is 5. The van der Waals surface area contributed by atoms with E-state index in [9.17, 15) is 19.3 Å². The number of carbonyl (C=O) groups excluding carboxylic acids is 1. The highest BCUT2D eigenvalue weighted by Crippen LogP contribution is 2.22. The molecule has 0 saturated carbocycles. The number of halogens is 2. The first-order valence-corrected chi connectivity index (χ1v) is 8.20. The van der Waals surface area contributed by atoms with Gasteiger partial charge in [0, 0.05) is 27.1 Å².